The monoisotopic (exact) mass is 304 g/mol. The molecule has 0 aliphatic carbocycles. The third-order valence-corrected chi connectivity index (χ3v) is 4.58. The molecule has 1 aliphatic rings. The molecule has 1 saturated heterocycles. The molecule has 1 aliphatic heterocycles. The van der Waals surface area contributed by atoms with E-state index in [1.807, 2.05) is 31.2 Å². The summed E-state index contributed by atoms with van der Waals surface area (Å²) < 4.78 is 5.80. The number of nitroso groups, excluding NO2 is 1. The highest BCUT2D eigenvalue weighted by Gasteiger charge is 2.17. The van der Waals surface area contributed by atoms with Gasteiger partial charge in [0.15, 0.2) is 0 Å². The lowest BCUT2D eigenvalue weighted by Crippen LogP contribution is -2.38. The summed E-state index contributed by atoms with van der Waals surface area (Å²) in [6.07, 6.45) is 5.81. The lowest BCUT2D eigenvalue weighted by atomic mass is 10.0. The fraction of sp³-hybridized carbons (Fsp3) is 0.667. The van der Waals surface area contributed by atoms with Crippen LogP contribution < -0.4 is 4.74 Å². The zero-order valence-electron chi connectivity index (χ0n) is 13.8. The Labute approximate surface area is 133 Å². The van der Waals surface area contributed by atoms with Crippen LogP contribution in [0.25, 0.3) is 0 Å². The van der Waals surface area contributed by atoms with Gasteiger partial charge in [0.1, 0.15) is 11.8 Å². The first-order chi connectivity index (χ1) is 10.7. The number of nitrogens with zero attached hydrogens (tertiary/aromatic N) is 2. The molecular weight excluding hydrogens is 276 g/mol. The fourth-order valence-electron chi connectivity index (χ4n) is 3.10. The first kappa shape index (κ1) is 16.9. The van der Waals surface area contributed by atoms with E-state index in [0.717, 1.165) is 43.3 Å². The highest BCUT2D eigenvalue weighted by molar-refractivity contribution is 5.29. The predicted octanol–water partition coefficient (Wildman–Crippen LogP) is 4.55. The number of hydrogen-bond acceptors (Lipinski definition) is 4. The van der Waals surface area contributed by atoms with Crippen LogP contribution in [0.4, 0.5) is 0 Å². The van der Waals surface area contributed by atoms with Crippen LogP contribution >= 0.6 is 0 Å². The third-order valence-electron chi connectivity index (χ3n) is 4.58. The smallest absolute Gasteiger partial charge is 0.119 e. The maximum absolute atomic E-state index is 10.7. The Morgan fingerprint density at radius 3 is 2.73 bits per heavy atom. The number of piperidine rings is 1. The van der Waals surface area contributed by atoms with E-state index in [0.29, 0.717) is 0 Å². The highest BCUT2D eigenvalue weighted by Crippen LogP contribution is 2.23. The molecule has 2 unspecified atom stereocenters. The van der Waals surface area contributed by atoms with Crippen LogP contribution in [-0.2, 0) is 0 Å². The minimum Gasteiger partial charge on any atom is -0.494 e. The molecule has 1 aromatic rings. The Balaban J connectivity index is 1.71. The summed E-state index contributed by atoms with van der Waals surface area (Å²) in [5.74, 6) is 0.871. The van der Waals surface area contributed by atoms with Gasteiger partial charge in [-0.25, -0.2) is 0 Å². The molecular formula is C18H28N2O2. The van der Waals surface area contributed by atoms with Crippen LogP contribution in [0.1, 0.15) is 57.6 Å². The molecule has 1 heterocycles. The first-order valence-electron chi connectivity index (χ1n) is 8.54. The van der Waals surface area contributed by atoms with Crippen molar-refractivity contribution >= 4 is 0 Å². The molecule has 122 valence electrons. The van der Waals surface area contributed by atoms with Crippen LogP contribution in [0.15, 0.2) is 29.4 Å². The molecule has 0 saturated carbocycles. The van der Waals surface area contributed by atoms with E-state index in [1.165, 1.54) is 25.8 Å². The van der Waals surface area contributed by atoms with Crippen molar-refractivity contribution < 1.29 is 4.74 Å². The molecule has 0 spiro atoms. The minimum atomic E-state index is -0.241. The van der Waals surface area contributed by atoms with E-state index in [2.05, 4.69) is 17.0 Å². The highest BCUT2D eigenvalue weighted by atomic mass is 16.5. The molecule has 4 heteroatoms. The number of benzene rings is 1. The lowest BCUT2D eigenvalue weighted by molar-refractivity contribution is 0.148. The topological polar surface area (TPSA) is 41.9 Å². The van der Waals surface area contributed by atoms with Crippen LogP contribution in [0.5, 0.6) is 5.75 Å². The van der Waals surface area contributed by atoms with Gasteiger partial charge in [-0.3, -0.25) is 0 Å². The van der Waals surface area contributed by atoms with Gasteiger partial charge in [0.05, 0.1) is 6.61 Å². The summed E-state index contributed by atoms with van der Waals surface area (Å²) in [6, 6.07) is 8.23. The number of ether oxygens (including phenoxy) is 1. The van der Waals surface area contributed by atoms with Crippen LogP contribution in [-0.4, -0.2) is 30.6 Å². The summed E-state index contributed by atoms with van der Waals surface area (Å²) in [5, 5.41) is 3.14. The van der Waals surface area contributed by atoms with E-state index in [9.17, 15) is 4.91 Å². The first-order valence-corrected chi connectivity index (χ1v) is 8.54. The van der Waals surface area contributed by atoms with E-state index >= 15 is 0 Å². The summed E-state index contributed by atoms with van der Waals surface area (Å²) in [6.45, 7) is 7.38. The standard InChI is InChI=1S/C18H28N2O2/c1-3-18(19-21)16-8-10-17(11-9-16)22-14-6-13-20-12-5-4-7-15(20)2/h8-11,15,18H,3-7,12-14H2,1-2H3. The van der Waals surface area contributed by atoms with Crippen LogP contribution in [0.2, 0.25) is 0 Å². The normalized spacial score (nSPS) is 20.5. The van der Waals surface area contributed by atoms with Gasteiger partial charge in [-0.15, -0.1) is 0 Å². The van der Waals surface area contributed by atoms with E-state index < -0.39 is 0 Å². The zero-order valence-corrected chi connectivity index (χ0v) is 13.8. The van der Waals surface area contributed by atoms with Crippen LogP contribution in [0.3, 0.4) is 0 Å². The minimum absolute atomic E-state index is 0.241. The van der Waals surface area contributed by atoms with Gasteiger partial charge in [-0.1, -0.05) is 30.7 Å². The Kier molecular flexibility index (Phi) is 6.84. The molecule has 1 aromatic carbocycles. The summed E-state index contributed by atoms with van der Waals surface area (Å²) in [5.41, 5.74) is 0.965. The summed E-state index contributed by atoms with van der Waals surface area (Å²) in [4.78, 5) is 13.3. The second kappa shape index (κ2) is 8.89. The van der Waals surface area contributed by atoms with Gasteiger partial charge in [-0.2, -0.15) is 4.91 Å². The predicted molar refractivity (Wildman–Crippen MR) is 90.3 cm³/mol. The zero-order chi connectivity index (χ0) is 15.8. The molecule has 0 N–H and O–H groups in total. The lowest BCUT2D eigenvalue weighted by Gasteiger charge is -2.33. The van der Waals surface area contributed by atoms with Crippen molar-refractivity contribution in [3.63, 3.8) is 0 Å². The maximum Gasteiger partial charge on any atom is 0.119 e. The van der Waals surface area contributed by atoms with Crippen molar-refractivity contribution in [1.29, 1.82) is 0 Å². The summed E-state index contributed by atoms with van der Waals surface area (Å²) >= 11 is 0. The van der Waals surface area contributed by atoms with Crippen molar-refractivity contribution in [2.45, 2.75) is 58.0 Å². The molecule has 0 bridgehead atoms. The maximum atomic E-state index is 10.7. The number of hydrogen-bond donors (Lipinski definition) is 0. The van der Waals surface area contributed by atoms with Crippen molar-refractivity contribution in [1.82, 2.24) is 4.90 Å². The average Bonchev–Trinajstić information content (AvgIpc) is 2.55. The van der Waals surface area contributed by atoms with Gasteiger partial charge < -0.3 is 9.64 Å². The van der Waals surface area contributed by atoms with Gasteiger partial charge in [-0.05, 0) is 56.8 Å². The van der Waals surface area contributed by atoms with Gasteiger partial charge in [0, 0.05) is 12.6 Å². The molecule has 2 rings (SSSR count). The second-order valence-electron chi connectivity index (χ2n) is 6.18. The SMILES string of the molecule is CCC(N=O)c1ccc(OCCCN2CCCCC2C)cc1. The molecule has 0 amide bonds. The van der Waals surface area contributed by atoms with Crippen molar-refractivity contribution in [3.8, 4) is 5.75 Å². The largest absolute Gasteiger partial charge is 0.494 e. The number of rotatable bonds is 8. The van der Waals surface area contributed by atoms with Gasteiger partial charge >= 0.3 is 0 Å². The molecule has 4 nitrogen and oxygen atoms in total. The quantitative estimate of drug-likeness (QED) is 0.523. The second-order valence-corrected chi connectivity index (χ2v) is 6.18. The van der Waals surface area contributed by atoms with Gasteiger partial charge in [0.2, 0.25) is 0 Å². The summed E-state index contributed by atoms with van der Waals surface area (Å²) in [7, 11) is 0. The molecule has 0 radical (unpaired) electrons. The van der Waals surface area contributed by atoms with Crippen molar-refractivity contribution in [2.24, 2.45) is 5.18 Å². The average molecular weight is 304 g/mol. The van der Waals surface area contributed by atoms with Crippen molar-refractivity contribution in [2.75, 3.05) is 19.7 Å². The number of likely N-dealkylation sites (tertiary alicyclic amines) is 1. The van der Waals surface area contributed by atoms with Gasteiger partial charge in [0.25, 0.3) is 0 Å². The Morgan fingerprint density at radius 2 is 2.09 bits per heavy atom. The van der Waals surface area contributed by atoms with E-state index in [-0.39, 0.29) is 6.04 Å². The Bertz CT molecular complexity index is 447. The molecule has 22 heavy (non-hydrogen) atoms. The Morgan fingerprint density at radius 1 is 1.32 bits per heavy atom. The van der Waals surface area contributed by atoms with E-state index in [4.69, 9.17) is 4.74 Å². The molecule has 2 atom stereocenters. The van der Waals surface area contributed by atoms with Crippen LogP contribution in [0, 0.1) is 4.91 Å². The third kappa shape index (κ3) is 4.80. The fourth-order valence-corrected chi connectivity index (χ4v) is 3.10. The molecule has 1 fully saturated rings. The van der Waals surface area contributed by atoms with Crippen molar-refractivity contribution in [3.05, 3.63) is 34.7 Å². The molecule has 0 aromatic heterocycles. The Hall–Kier alpha value is -1.42. The van der Waals surface area contributed by atoms with E-state index in [1.54, 1.807) is 0 Å².